The molecule has 1 aliphatic heterocycles. The van der Waals surface area contributed by atoms with Crippen molar-refractivity contribution in [2.45, 2.75) is 45.0 Å². The highest BCUT2D eigenvalue weighted by molar-refractivity contribution is 7.89. The van der Waals surface area contributed by atoms with Crippen molar-refractivity contribution in [1.82, 2.24) is 14.5 Å². The average molecular weight is 277 g/mol. The van der Waals surface area contributed by atoms with Crippen molar-refractivity contribution in [3.63, 3.8) is 0 Å². The highest BCUT2D eigenvalue weighted by Gasteiger charge is 2.36. The van der Waals surface area contributed by atoms with Gasteiger partial charge in [-0.3, -0.25) is 4.90 Å². The molecule has 3 atom stereocenters. The Morgan fingerprint density at radius 3 is 2.22 bits per heavy atom. The van der Waals surface area contributed by atoms with Gasteiger partial charge in [-0.15, -0.1) is 0 Å². The number of hydrogen-bond donors (Lipinski definition) is 1. The van der Waals surface area contributed by atoms with Crippen LogP contribution < -0.4 is 5.32 Å². The molecule has 1 saturated heterocycles. The lowest BCUT2D eigenvalue weighted by Crippen LogP contribution is -2.58. The molecule has 1 N–H and O–H groups in total. The monoisotopic (exact) mass is 277 g/mol. The van der Waals surface area contributed by atoms with Crippen LogP contribution in [-0.4, -0.2) is 68.2 Å². The number of nitrogens with zero attached hydrogens (tertiary/aromatic N) is 2. The highest BCUT2D eigenvalue weighted by Crippen LogP contribution is 2.19. The number of nitrogens with one attached hydrogen (secondary N) is 1. The molecule has 0 bridgehead atoms. The number of sulfonamides is 1. The maximum atomic E-state index is 12.5. The van der Waals surface area contributed by atoms with E-state index in [2.05, 4.69) is 31.1 Å². The molecule has 0 aliphatic carbocycles. The molecule has 0 amide bonds. The number of rotatable bonds is 5. The number of hydrogen-bond acceptors (Lipinski definition) is 4. The number of piperazine rings is 1. The van der Waals surface area contributed by atoms with Gasteiger partial charge in [0, 0.05) is 31.7 Å². The van der Waals surface area contributed by atoms with Crippen molar-refractivity contribution in [3.8, 4) is 0 Å². The Balaban J connectivity index is 2.73. The van der Waals surface area contributed by atoms with Gasteiger partial charge in [-0.2, -0.15) is 4.31 Å². The van der Waals surface area contributed by atoms with Crippen molar-refractivity contribution in [2.75, 3.05) is 33.2 Å². The predicted octanol–water partition coefficient (Wildman–Crippen LogP) is 0.339. The van der Waals surface area contributed by atoms with Crippen molar-refractivity contribution in [2.24, 2.45) is 0 Å². The third-order valence-corrected chi connectivity index (χ3v) is 6.08. The molecule has 6 heteroatoms. The van der Waals surface area contributed by atoms with Gasteiger partial charge >= 0.3 is 0 Å². The minimum absolute atomic E-state index is 0.273. The van der Waals surface area contributed by atoms with Crippen LogP contribution in [0.4, 0.5) is 0 Å². The second kappa shape index (κ2) is 6.32. The van der Waals surface area contributed by atoms with E-state index < -0.39 is 10.0 Å². The Kier molecular flexibility index (Phi) is 5.58. The van der Waals surface area contributed by atoms with E-state index in [4.69, 9.17) is 0 Å². The first kappa shape index (κ1) is 15.9. The molecule has 1 aliphatic rings. The minimum Gasteiger partial charge on any atom is -0.316 e. The quantitative estimate of drug-likeness (QED) is 0.787. The molecule has 0 aromatic rings. The van der Waals surface area contributed by atoms with Crippen molar-refractivity contribution < 1.29 is 8.42 Å². The molecule has 18 heavy (non-hydrogen) atoms. The summed E-state index contributed by atoms with van der Waals surface area (Å²) in [6.45, 7) is 10.4. The molecule has 1 rings (SSSR count). The molecule has 0 spiro atoms. The maximum absolute atomic E-state index is 12.5. The SMILES string of the molecule is CCNCC(C)S(=O)(=O)N1CC(C)N(C)C(C)C1. The summed E-state index contributed by atoms with van der Waals surface area (Å²) in [5.41, 5.74) is 0. The molecular formula is C12H27N3O2S. The van der Waals surface area contributed by atoms with Crippen LogP contribution in [0.25, 0.3) is 0 Å². The average Bonchev–Trinajstić information content (AvgIpc) is 2.32. The van der Waals surface area contributed by atoms with E-state index >= 15 is 0 Å². The summed E-state index contributed by atoms with van der Waals surface area (Å²) in [6.07, 6.45) is 0. The molecule has 5 nitrogen and oxygen atoms in total. The zero-order valence-electron chi connectivity index (χ0n) is 12.2. The van der Waals surface area contributed by atoms with Crippen LogP contribution >= 0.6 is 0 Å². The summed E-state index contributed by atoms with van der Waals surface area (Å²) in [5, 5.41) is 2.75. The Morgan fingerprint density at radius 1 is 1.28 bits per heavy atom. The molecule has 1 fully saturated rings. The third kappa shape index (κ3) is 3.44. The second-order valence-electron chi connectivity index (χ2n) is 5.34. The van der Waals surface area contributed by atoms with Gasteiger partial charge in [0.15, 0.2) is 0 Å². The van der Waals surface area contributed by atoms with Crippen molar-refractivity contribution >= 4 is 10.0 Å². The summed E-state index contributed by atoms with van der Waals surface area (Å²) in [4.78, 5) is 2.24. The van der Waals surface area contributed by atoms with E-state index in [-0.39, 0.29) is 17.3 Å². The predicted molar refractivity (Wildman–Crippen MR) is 75.2 cm³/mol. The second-order valence-corrected chi connectivity index (χ2v) is 7.69. The van der Waals surface area contributed by atoms with Gasteiger partial charge < -0.3 is 5.32 Å². The van der Waals surface area contributed by atoms with Crippen LogP contribution in [0.3, 0.4) is 0 Å². The Morgan fingerprint density at radius 2 is 1.78 bits per heavy atom. The molecular weight excluding hydrogens is 250 g/mol. The molecule has 3 unspecified atom stereocenters. The van der Waals surface area contributed by atoms with Crippen molar-refractivity contribution in [3.05, 3.63) is 0 Å². The van der Waals surface area contributed by atoms with E-state index in [1.165, 1.54) is 0 Å². The largest absolute Gasteiger partial charge is 0.316 e. The van der Waals surface area contributed by atoms with E-state index in [0.717, 1.165) is 6.54 Å². The number of likely N-dealkylation sites (N-methyl/N-ethyl adjacent to an activating group) is 1. The lowest BCUT2D eigenvalue weighted by Gasteiger charge is -2.42. The topological polar surface area (TPSA) is 52.7 Å². The maximum Gasteiger partial charge on any atom is 0.218 e. The van der Waals surface area contributed by atoms with E-state index in [1.54, 1.807) is 11.2 Å². The Bertz CT molecular complexity index is 346. The van der Waals surface area contributed by atoms with Crippen molar-refractivity contribution in [1.29, 1.82) is 0 Å². The molecule has 0 radical (unpaired) electrons. The van der Waals surface area contributed by atoms with Gasteiger partial charge in [0.05, 0.1) is 5.25 Å². The zero-order valence-corrected chi connectivity index (χ0v) is 13.0. The fourth-order valence-corrected chi connectivity index (χ4v) is 3.96. The lowest BCUT2D eigenvalue weighted by molar-refractivity contribution is 0.104. The van der Waals surface area contributed by atoms with Crippen LogP contribution in [0.5, 0.6) is 0 Å². The fraction of sp³-hybridized carbons (Fsp3) is 1.00. The minimum atomic E-state index is -3.18. The summed E-state index contributed by atoms with van der Waals surface area (Å²) in [7, 11) is -1.12. The van der Waals surface area contributed by atoms with E-state index in [9.17, 15) is 8.42 Å². The van der Waals surface area contributed by atoms with E-state index in [0.29, 0.717) is 19.6 Å². The van der Waals surface area contributed by atoms with Crippen LogP contribution in [-0.2, 0) is 10.0 Å². The summed E-state index contributed by atoms with van der Waals surface area (Å²) in [6, 6.07) is 0.546. The summed E-state index contributed by atoms with van der Waals surface area (Å²) in [5.74, 6) is 0. The lowest BCUT2D eigenvalue weighted by atomic mass is 10.1. The van der Waals surface area contributed by atoms with Crippen LogP contribution in [0, 0.1) is 0 Å². The Labute approximate surface area is 112 Å². The van der Waals surface area contributed by atoms with E-state index in [1.807, 2.05) is 6.92 Å². The summed E-state index contributed by atoms with van der Waals surface area (Å²) >= 11 is 0. The standard InChI is InChI=1S/C12H27N3O2S/c1-6-13-7-12(4)18(16,17)15-8-10(2)14(5)11(3)9-15/h10-13H,6-9H2,1-5H3. The first-order chi connectivity index (χ1) is 8.30. The first-order valence-electron chi connectivity index (χ1n) is 6.72. The molecule has 1 heterocycles. The van der Waals surface area contributed by atoms with Gasteiger partial charge in [-0.1, -0.05) is 6.92 Å². The first-order valence-corrected chi connectivity index (χ1v) is 8.22. The third-order valence-electron chi connectivity index (χ3n) is 3.88. The van der Waals surface area contributed by atoms with Gasteiger partial charge in [0.25, 0.3) is 0 Å². The zero-order chi connectivity index (χ0) is 13.9. The molecule has 0 aromatic carbocycles. The normalized spacial score (nSPS) is 29.4. The smallest absolute Gasteiger partial charge is 0.218 e. The molecule has 0 saturated carbocycles. The van der Waals surface area contributed by atoms with Gasteiger partial charge in [0.1, 0.15) is 0 Å². The van der Waals surface area contributed by atoms with Crippen LogP contribution in [0.1, 0.15) is 27.7 Å². The van der Waals surface area contributed by atoms with Crippen LogP contribution in [0.15, 0.2) is 0 Å². The summed E-state index contributed by atoms with van der Waals surface area (Å²) < 4.78 is 26.6. The fourth-order valence-electron chi connectivity index (χ4n) is 2.27. The van der Waals surface area contributed by atoms with Gasteiger partial charge in [-0.05, 0) is 34.4 Å². The van der Waals surface area contributed by atoms with Gasteiger partial charge in [0.2, 0.25) is 10.0 Å². The van der Waals surface area contributed by atoms with Gasteiger partial charge in [-0.25, -0.2) is 8.42 Å². The Hall–Kier alpha value is -0.170. The molecule has 0 aromatic heterocycles. The highest BCUT2D eigenvalue weighted by atomic mass is 32.2. The van der Waals surface area contributed by atoms with Crippen LogP contribution in [0.2, 0.25) is 0 Å². The molecule has 108 valence electrons.